The topological polar surface area (TPSA) is 41.6 Å². The van der Waals surface area contributed by atoms with Gasteiger partial charge < -0.3 is 15.0 Å². The Morgan fingerprint density at radius 3 is 2.79 bits per heavy atom. The molecule has 0 unspecified atom stereocenters. The summed E-state index contributed by atoms with van der Waals surface area (Å²) in [6.07, 6.45) is 0.968. The third kappa shape index (κ3) is 3.47. The number of para-hydroxylation sites is 1. The maximum atomic E-state index is 12.1. The van der Waals surface area contributed by atoms with Crippen molar-refractivity contribution in [1.82, 2.24) is 4.90 Å². The van der Waals surface area contributed by atoms with E-state index >= 15 is 0 Å². The van der Waals surface area contributed by atoms with Crippen LogP contribution in [0.5, 0.6) is 0 Å². The SMILES string of the molecule is CCc1cccc(C)c1NCC(=O)N1CCOCC1. The molecule has 0 radical (unpaired) electrons. The Morgan fingerprint density at radius 1 is 1.37 bits per heavy atom. The summed E-state index contributed by atoms with van der Waals surface area (Å²) in [5.74, 6) is 0.147. The summed E-state index contributed by atoms with van der Waals surface area (Å²) in [5, 5.41) is 3.30. The maximum absolute atomic E-state index is 12.1. The number of amides is 1. The van der Waals surface area contributed by atoms with Crippen molar-refractivity contribution >= 4 is 11.6 Å². The largest absolute Gasteiger partial charge is 0.378 e. The number of nitrogens with one attached hydrogen (secondary N) is 1. The minimum absolute atomic E-state index is 0.147. The third-order valence-electron chi connectivity index (χ3n) is 3.52. The molecule has 1 fully saturated rings. The first-order valence-corrected chi connectivity index (χ1v) is 6.90. The molecule has 0 saturated carbocycles. The van der Waals surface area contributed by atoms with Crippen LogP contribution >= 0.6 is 0 Å². The van der Waals surface area contributed by atoms with Crippen molar-refractivity contribution in [2.24, 2.45) is 0 Å². The van der Waals surface area contributed by atoms with Crippen LogP contribution in [0.4, 0.5) is 5.69 Å². The average Bonchev–Trinajstić information content (AvgIpc) is 2.46. The number of benzene rings is 1. The molecule has 1 aliphatic rings. The van der Waals surface area contributed by atoms with Gasteiger partial charge in [0, 0.05) is 18.8 Å². The molecule has 1 heterocycles. The number of morpholine rings is 1. The van der Waals surface area contributed by atoms with Crippen LogP contribution in [0.15, 0.2) is 18.2 Å². The lowest BCUT2D eigenvalue weighted by atomic mass is 10.1. The zero-order valence-electron chi connectivity index (χ0n) is 11.7. The fourth-order valence-corrected chi connectivity index (χ4v) is 2.36. The molecule has 0 atom stereocenters. The predicted molar refractivity (Wildman–Crippen MR) is 76.4 cm³/mol. The van der Waals surface area contributed by atoms with Gasteiger partial charge in [-0.2, -0.15) is 0 Å². The van der Waals surface area contributed by atoms with Gasteiger partial charge in [0.25, 0.3) is 0 Å². The van der Waals surface area contributed by atoms with E-state index in [2.05, 4.69) is 37.4 Å². The van der Waals surface area contributed by atoms with E-state index in [1.54, 1.807) is 0 Å². The number of nitrogens with zero attached hydrogens (tertiary/aromatic N) is 1. The van der Waals surface area contributed by atoms with E-state index in [-0.39, 0.29) is 5.91 Å². The highest BCUT2D eigenvalue weighted by Gasteiger charge is 2.16. The molecule has 0 spiro atoms. The van der Waals surface area contributed by atoms with E-state index in [4.69, 9.17) is 4.74 Å². The summed E-state index contributed by atoms with van der Waals surface area (Å²) in [5.41, 5.74) is 3.55. The van der Waals surface area contributed by atoms with Crippen LogP contribution in [0.25, 0.3) is 0 Å². The van der Waals surface area contributed by atoms with E-state index in [9.17, 15) is 4.79 Å². The highest BCUT2D eigenvalue weighted by molar-refractivity contribution is 5.81. The van der Waals surface area contributed by atoms with Gasteiger partial charge >= 0.3 is 0 Å². The smallest absolute Gasteiger partial charge is 0.242 e. The number of ether oxygens (including phenoxy) is 1. The van der Waals surface area contributed by atoms with Gasteiger partial charge in [-0.05, 0) is 24.5 Å². The van der Waals surface area contributed by atoms with E-state index in [0.717, 1.165) is 12.1 Å². The summed E-state index contributed by atoms with van der Waals surface area (Å²) in [4.78, 5) is 14.0. The highest BCUT2D eigenvalue weighted by Crippen LogP contribution is 2.20. The van der Waals surface area contributed by atoms with Gasteiger partial charge in [-0.15, -0.1) is 0 Å². The standard InChI is InChI=1S/C15H22N2O2/c1-3-13-6-4-5-12(2)15(13)16-11-14(18)17-7-9-19-10-8-17/h4-6,16H,3,7-11H2,1-2H3. The van der Waals surface area contributed by atoms with Crippen LogP contribution in [0.1, 0.15) is 18.1 Å². The minimum atomic E-state index is 0.147. The number of rotatable bonds is 4. The molecule has 1 amide bonds. The van der Waals surface area contributed by atoms with E-state index in [1.807, 2.05) is 4.90 Å². The van der Waals surface area contributed by atoms with Crippen molar-refractivity contribution in [1.29, 1.82) is 0 Å². The molecule has 104 valence electrons. The van der Waals surface area contributed by atoms with Crippen LogP contribution in [0.2, 0.25) is 0 Å². The molecule has 1 saturated heterocycles. The highest BCUT2D eigenvalue weighted by atomic mass is 16.5. The number of aryl methyl sites for hydroxylation is 2. The van der Waals surface area contributed by atoms with Gasteiger partial charge in [0.2, 0.25) is 5.91 Å². The molecule has 4 nitrogen and oxygen atoms in total. The second kappa shape index (κ2) is 6.57. The molecule has 1 aromatic carbocycles. The average molecular weight is 262 g/mol. The summed E-state index contributed by atoms with van der Waals surface area (Å²) in [7, 11) is 0. The molecule has 4 heteroatoms. The van der Waals surface area contributed by atoms with Gasteiger partial charge in [0.05, 0.1) is 19.8 Å². The summed E-state index contributed by atoms with van der Waals surface area (Å²) >= 11 is 0. The van der Waals surface area contributed by atoms with E-state index in [0.29, 0.717) is 32.8 Å². The predicted octanol–water partition coefficient (Wildman–Crippen LogP) is 1.83. The third-order valence-corrected chi connectivity index (χ3v) is 3.52. The van der Waals surface area contributed by atoms with Crippen LogP contribution in [-0.4, -0.2) is 43.7 Å². The van der Waals surface area contributed by atoms with Gasteiger partial charge in [-0.1, -0.05) is 25.1 Å². The Labute approximate surface area is 114 Å². The van der Waals surface area contributed by atoms with Gasteiger partial charge in [0.15, 0.2) is 0 Å². The first-order chi connectivity index (χ1) is 9.22. The van der Waals surface area contributed by atoms with Crippen molar-refractivity contribution in [2.75, 3.05) is 38.2 Å². The molecule has 19 heavy (non-hydrogen) atoms. The Kier molecular flexibility index (Phi) is 4.80. The zero-order valence-corrected chi connectivity index (χ0v) is 11.7. The van der Waals surface area contributed by atoms with Crippen molar-refractivity contribution in [3.05, 3.63) is 29.3 Å². The Bertz CT molecular complexity index is 440. The molecule has 1 aromatic rings. The molecular weight excluding hydrogens is 240 g/mol. The summed E-state index contributed by atoms with van der Waals surface area (Å²) in [6.45, 7) is 7.26. The quantitative estimate of drug-likeness (QED) is 0.900. The molecule has 0 aliphatic carbocycles. The first kappa shape index (κ1) is 13.9. The lowest BCUT2D eigenvalue weighted by molar-refractivity contribution is -0.133. The van der Waals surface area contributed by atoms with Crippen molar-refractivity contribution < 1.29 is 9.53 Å². The normalized spacial score (nSPS) is 15.4. The Hall–Kier alpha value is -1.55. The van der Waals surface area contributed by atoms with Crippen molar-refractivity contribution in [2.45, 2.75) is 20.3 Å². The fraction of sp³-hybridized carbons (Fsp3) is 0.533. The lowest BCUT2D eigenvalue weighted by Gasteiger charge is -2.27. The Balaban J connectivity index is 1.96. The van der Waals surface area contributed by atoms with Crippen molar-refractivity contribution in [3.8, 4) is 0 Å². The van der Waals surface area contributed by atoms with Gasteiger partial charge in [-0.3, -0.25) is 4.79 Å². The monoisotopic (exact) mass is 262 g/mol. The Morgan fingerprint density at radius 2 is 2.11 bits per heavy atom. The van der Waals surface area contributed by atoms with E-state index < -0.39 is 0 Å². The van der Waals surface area contributed by atoms with Crippen LogP contribution in [0.3, 0.4) is 0 Å². The van der Waals surface area contributed by atoms with Crippen molar-refractivity contribution in [3.63, 3.8) is 0 Å². The zero-order chi connectivity index (χ0) is 13.7. The fourth-order valence-electron chi connectivity index (χ4n) is 2.36. The molecule has 1 N–H and O–H groups in total. The van der Waals surface area contributed by atoms with Gasteiger partial charge in [-0.25, -0.2) is 0 Å². The number of hydrogen-bond donors (Lipinski definition) is 1. The van der Waals surface area contributed by atoms with E-state index in [1.165, 1.54) is 11.1 Å². The molecule has 1 aliphatic heterocycles. The summed E-state index contributed by atoms with van der Waals surface area (Å²) in [6, 6.07) is 6.23. The number of carbonyl (C=O) groups excluding carboxylic acids is 1. The molecule has 2 rings (SSSR count). The second-order valence-corrected chi connectivity index (χ2v) is 4.81. The molecule has 0 bridgehead atoms. The second-order valence-electron chi connectivity index (χ2n) is 4.81. The van der Waals surface area contributed by atoms with Crippen LogP contribution in [0, 0.1) is 6.92 Å². The number of carbonyl (C=O) groups is 1. The first-order valence-electron chi connectivity index (χ1n) is 6.90. The maximum Gasteiger partial charge on any atom is 0.242 e. The van der Waals surface area contributed by atoms with Crippen LogP contribution in [-0.2, 0) is 16.0 Å². The lowest BCUT2D eigenvalue weighted by Crippen LogP contribution is -2.43. The van der Waals surface area contributed by atoms with Gasteiger partial charge in [0.1, 0.15) is 0 Å². The summed E-state index contributed by atoms with van der Waals surface area (Å²) < 4.78 is 5.25. The molecular formula is C15H22N2O2. The minimum Gasteiger partial charge on any atom is -0.378 e. The number of hydrogen-bond acceptors (Lipinski definition) is 3. The molecule has 0 aromatic heterocycles. The van der Waals surface area contributed by atoms with Crippen LogP contribution < -0.4 is 5.32 Å². The number of anilines is 1.